The molecule has 0 fully saturated rings. The first-order chi connectivity index (χ1) is 15.9. The summed E-state index contributed by atoms with van der Waals surface area (Å²) in [7, 11) is 0. The van der Waals surface area contributed by atoms with Crippen LogP contribution in [0.25, 0.3) is 11.6 Å². The van der Waals surface area contributed by atoms with E-state index in [0.29, 0.717) is 23.5 Å². The zero-order valence-corrected chi connectivity index (χ0v) is 19.6. The number of aliphatic hydroxyl groups excluding tert-OH is 1. The second kappa shape index (κ2) is 7.53. The zero-order valence-electron chi connectivity index (χ0n) is 19.6. The standard InChI is InChI=1S/C27H28O7/c1-26(2)8-7-15-11-17(18(28)13-20(15)34-26)23-24(29)21(33-25(23)30)10-14-5-6-19-16(9-14)12-22(32-19)27(3,4)31/h5-6,9-11,13,22,28-29,31H,7-8,12H2,1-4H3. The van der Waals surface area contributed by atoms with Gasteiger partial charge in [0, 0.05) is 18.1 Å². The molecule has 0 radical (unpaired) electrons. The number of rotatable bonds is 3. The van der Waals surface area contributed by atoms with Gasteiger partial charge in [-0.05, 0) is 81.5 Å². The highest BCUT2D eigenvalue weighted by molar-refractivity contribution is 6.21. The van der Waals surface area contributed by atoms with Crippen molar-refractivity contribution < 1.29 is 34.3 Å². The summed E-state index contributed by atoms with van der Waals surface area (Å²) in [4.78, 5) is 12.7. The number of carbonyl (C=O) groups excluding carboxylic acids is 1. The fraction of sp³-hybridized carbons (Fsp3) is 0.370. The van der Waals surface area contributed by atoms with Crippen LogP contribution in [-0.2, 0) is 22.4 Å². The van der Waals surface area contributed by atoms with Gasteiger partial charge in [0.25, 0.3) is 0 Å². The average Bonchev–Trinajstić information content (AvgIpc) is 3.28. The van der Waals surface area contributed by atoms with Gasteiger partial charge in [0.1, 0.15) is 34.5 Å². The number of phenols is 1. The van der Waals surface area contributed by atoms with Crippen LogP contribution in [0.2, 0.25) is 0 Å². The summed E-state index contributed by atoms with van der Waals surface area (Å²) < 4.78 is 17.1. The highest BCUT2D eigenvalue weighted by Crippen LogP contribution is 2.43. The van der Waals surface area contributed by atoms with Gasteiger partial charge in [0.15, 0.2) is 11.5 Å². The second-order valence-electron chi connectivity index (χ2n) is 10.3. The molecule has 3 aliphatic rings. The van der Waals surface area contributed by atoms with Crippen LogP contribution >= 0.6 is 0 Å². The van der Waals surface area contributed by atoms with Crippen LogP contribution in [0.5, 0.6) is 17.2 Å². The minimum Gasteiger partial charge on any atom is -0.507 e. The first-order valence-corrected chi connectivity index (χ1v) is 11.4. The van der Waals surface area contributed by atoms with E-state index in [4.69, 9.17) is 14.2 Å². The summed E-state index contributed by atoms with van der Waals surface area (Å²) in [5, 5.41) is 31.7. The zero-order chi connectivity index (χ0) is 24.4. The first kappa shape index (κ1) is 22.3. The molecule has 7 nitrogen and oxygen atoms in total. The Bertz CT molecular complexity index is 1260. The number of aryl methyl sites for hydroxylation is 1. The molecule has 5 rings (SSSR count). The fourth-order valence-corrected chi connectivity index (χ4v) is 4.55. The number of phenolic OH excluding ortho intramolecular Hbond substituents is 1. The number of benzene rings is 2. The predicted octanol–water partition coefficient (Wildman–Crippen LogP) is 4.44. The van der Waals surface area contributed by atoms with Crippen molar-refractivity contribution in [3.8, 4) is 17.2 Å². The number of cyclic esters (lactones) is 1. The maximum Gasteiger partial charge on any atom is 0.348 e. The highest BCUT2D eigenvalue weighted by atomic mass is 16.6. The van der Waals surface area contributed by atoms with Crippen LogP contribution in [0.3, 0.4) is 0 Å². The molecule has 2 aromatic carbocycles. The molecule has 34 heavy (non-hydrogen) atoms. The normalized spacial score (nSPS) is 22.2. The molecule has 7 heteroatoms. The lowest BCUT2D eigenvalue weighted by atomic mass is 9.91. The van der Waals surface area contributed by atoms with Gasteiger partial charge in [0.2, 0.25) is 0 Å². The third-order valence-electron chi connectivity index (χ3n) is 6.55. The lowest BCUT2D eigenvalue weighted by molar-refractivity contribution is -0.131. The summed E-state index contributed by atoms with van der Waals surface area (Å²) in [5.74, 6) is 0.0500. The number of aromatic hydroxyl groups is 1. The molecule has 0 saturated heterocycles. The lowest BCUT2D eigenvalue weighted by Gasteiger charge is -2.32. The van der Waals surface area contributed by atoms with Crippen LogP contribution in [-0.4, -0.2) is 38.6 Å². The first-order valence-electron chi connectivity index (χ1n) is 11.4. The maximum atomic E-state index is 12.7. The van der Waals surface area contributed by atoms with Gasteiger partial charge in [-0.25, -0.2) is 4.79 Å². The van der Waals surface area contributed by atoms with E-state index in [-0.39, 0.29) is 40.1 Å². The minimum absolute atomic E-state index is 0.00686. The molecule has 3 aliphatic heterocycles. The van der Waals surface area contributed by atoms with Crippen molar-refractivity contribution in [3.05, 3.63) is 64.1 Å². The van der Waals surface area contributed by atoms with Gasteiger partial charge in [-0.3, -0.25) is 0 Å². The Balaban J connectivity index is 1.47. The Morgan fingerprint density at radius 1 is 1.09 bits per heavy atom. The van der Waals surface area contributed by atoms with Crippen molar-refractivity contribution in [2.75, 3.05) is 0 Å². The number of carbonyl (C=O) groups is 1. The number of ether oxygens (including phenoxy) is 3. The molecular weight excluding hydrogens is 436 g/mol. The molecule has 3 heterocycles. The summed E-state index contributed by atoms with van der Waals surface area (Å²) in [6.45, 7) is 7.38. The van der Waals surface area contributed by atoms with E-state index in [1.54, 1.807) is 38.1 Å². The fourth-order valence-electron chi connectivity index (χ4n) is 4.55. The smallest absolute Gasteiger partial charge is 0.348 e. The molecule has 0 spiro atoms. The topological polar surface area (TPSA) is 105 Å². The van der Waals surface area contributed by atoms with Crippen molar-refractivity contribution in [2.24, 2.45) is 0 Å². The third kappa shape index (κ3) is 3.90. The van der Waals surface area contributed by atoms with E-state index >= 15 is 0 Å². The molecule has 2 aromatic rings. The monoisotopic (exact) mass is 464 g/mol. The second-order valence-corrected chi connectivity index (χ2v) is 10.3. The summed E-state index contributed by atoms with van der Waals surface area (Å²) in [6, 6.07) is 8.62. The quantitative estimate of drug-likeness (QED) is 0.577. The number of aliphatic hydroxyl groups is 2. The van der Waals surface area contributed by atoms with Gasteiger partial charge >= 0.3 is 5.97 Å². The van der Waals surface area contributed by atoms with Crippen molar-refractivity contribution in [1.82, 2.24) is 0 Å². The van der Waals surface area contributed by atoms with Gasteiger partial charge in [-0.1, -0.05) is 6.07 Å². The third-order valence-corrected chi connectivity index (χ3v) is 6.55. The van der Waals surface area contributed by atoms with Crippen molar-refractivity contribution in [2.45, 2.75) is 64.3 Å². The molecule has 1 atom stereocenters. The van der Waals surface area contributed by atoms with E-state index < -0.39 is 11.6 Å². The Morgan fingerprint density at radius 3 is 2.59 bits per heavy atom. The number of fused-ring (bicyclic) bond motifs is 2. The Kier molecular flexibility index (Phi) is 4.95. The molecular formula is C27H28O7. The highest BCUT2D eigenvalue weighted by Gasteiger charge is 2.36. The lowest BCUT2D eigenvalue weighted by Crippen LogP contribution is -2.39. The van der Waals surface area contributed by atoms with Gasteiger partial charge in [-0.15, -0.1) is 0 Å². The Hall–Kier alpha value is -3.45. The van der Waals surface area contributed by atoms with E-state index in [2.05, 4.69) is 0 Å². The van der Waals surface area contributed by atoms with Gasteiger partial charge in [0.05, 0.1) is 5.60 Å². The summed E-state index contributed by atoms with van der Waals surface area (Å²) >= 11 is 0. The van der Waals surface area contributed by atoms with Crippen LogP contribution in [0.1, 0.15) is 56.4 Å². The molecule has 178 valence electrons. The molecule has 0 aliphatic carbocycles. The van der Waals surface area contributed by atoms with Crippen molar-refractivity contribution in [3.63, 3.8) is 0 Å². The minimum atomic E-state index is -0.980. The molecule has 0 saturated carbocycles. The SMILES string of the molecule is CC1(C)CCc2cc(C3=C(O)C(=Cc4ccc5c(c4)CC(C(C)(C)O)O5)OC3=O)c(O)cc2O1. The predicted molar refractivity (Wildman–Crippen MR) is 126 cm³/mol. The Labute approximate surface area is 197 Å². The Morgan fingerprint density at radius 2 is 1.85 bits per heavy atom. The van der Waals surface area contributed by atoms with E-state index in [1.807, 2.05) is 19.9 Å². The van der Waals surface area contributed by atoms with Crippen molar-refractivity contribution in [1.29, 1.82) is 0 Å². The number of hydrogen-bond acceptors (Lipinski definition) is 7. The van der Waals surface area contributed by atoms with Crippen molar-refractivity contribution >= 4 is 17.6 Å². The van der Waals surface area contributed by atoms with Gasteiger partial charge in [-0.2, -0.15) is 0 Å². The molecule has 1 unspecified atom stereocenters. The summed E-state index contributed by atoms with van der Waals surface area (Å²) in [5.41, 5.74) is 1.30. The molecule has 0 bridgehead atoms. The van der Waals surface area contributed by atoms with Crippen LogP contribution < -0.4 is 9.47 Å². The maximum absolute atomic E-state index is 12.7. The van der Waals surface area contributed by atoms with Gasteiger partial charge < -0.3 is 29.5 Å². The molecule has 0 amide bonds. The largest absolute Gasteiger partial charge is 0.507 e. The number of hydrogen-bond donors (Lipinski definition) is 3. The van der Waals surface area contributed by atoms with Crippen LogP contribution in [0.15, 0.2) is 41.9 Å². The van der Waals surface area contributed by atoms with Crippen LogP contribution in [0.4, 0.5) is 0 Å². The molecule has 3 N–H and O–H groups in total. The average molecular weight is 465 g/mol. The number of esters is 1. The van der Waals surface area contributed by atoms with Crippen LogP contribution in [0, 0.1) is 0 Å². The van der Waals surface area contributed by atoms with E-state index in [9.17, 15) is 20.1 Å². The van der Waals surface area contributed by atoms with E-state index in [1.165, 1.54) is 6.07 Å². The van der Waals surface area contributed by atoms with E-state index in [0.717, 1.165) is 24.0 Å². The summed E-state index contributed by atoms with van der Waals surface area (Å²) in [6.07, 6.45) is 3.28. The molecule has 0 aromatic heterocycles.